The molecule has 0 aliphatic rings. The Labute approximate surface area is 90.6 Å². The van der Waals surface area contributed by atoms with E-state index in [0.29, 0.717) is 12.2 Å². The van der Waals surface area contributed by atoms with Crippen LogP contribution in [0.3, 0.4) is 0 Å². The van der Waals surface area contributed by atoms with E-state index in [1.807, 2.05) is 50.3 Å². The Kier molecular flexibility index (Phi) is 4.61. The van der Waals surface area contributed by atoms with Crippen molar-refractivity contribution in [2.45, 2.75) is 26.7 Å². The molecule has 0 aliphatic heterocycles. The summed E-state index contributed by atoms with van der Waals surface area (Å²) in [5.41, 5.74) is 0.935. The van der Waals surface area contributed by atoms with Gasteiger partial charge in [0.15, 0.2) is 0 Å². The van der Waals surface area contributed by atoms with Crippen LogP contribution in [0.5, 0.6) is 0 Å². The van der Waals surface area contributed by atoms with E-state index in [9.17, 15) is 4.79 Å². The van der Waals surface area contributed by atoms with Gasteiger partial charge < -0.3 is 4.74 Å². The first-order valence-corrected chi connectivity index (χ1v) is 5.20. The molecule has 0 saturated carbocycles. The molecular weight excluding hydrogens is 188 g/mol. The van der Waals surface area contributed by atoms with Crippen LogP contribution in [0, 0.1) is 0 Å². The lowest BCUT2D eigenvalue weighted by Gasteiger charge is -2.07. The van der Waals surface area contributed by atoms with Crippen molar-refractivity contribution in [3.8, 4) is 0 Å². The van der Waals surface area contributed by atoms with Crippen LogP contribution in [0.4, 0.5) is 0 Å². The summed E-state index contributed by atoms with van der Waals surface area (Å²) in [4.78, 5) is 11.3. The lowest BCUT2D eigenvalue weighted by atomic mass is 10.2. The first-order chi connectivity index (χ1) is 7.27. The Hall–Kier alpha value is -1.57. The lowest BCUT2D eigenvalue weighted by molar-refractivity contribution is -0.136. The van der Waals surface area contributed by atoms with Crippen LogP contribution in [-0.2, 0) is 9.53 Å². The van der Waals surface area contributed by atoms with Crippen molar-refractivity contribution < 1.29 is 9.53 Å². The highest BCUT2D eigenvalue weighted by atomic mass is 16.5. The summed E-state index contributed by atoms with van der Waals surface area (Å²) in [5, 5.41) is 0. The van der Waals surface area contributed by atoms with Crippen molar-refractivity contribution >= 4 is 11.7 Å². The summed E-state index contributed by atoms with van der Waals surface area (Å²) in [5.74, 6) is 0.462. The molecule has 1 aromatic carbocycles. The van der Waals surface area contributed by atoms with Crippen molar-refractivity contribution in [2.75, 3.05) is 0 Å². The molecule has 1 aromatic rings. The zero-order valence-corrected chi connectivity index (χ0v) is 9.19. The first kappa shape index (κ1) is 11.5. The Morgan fingerprint density at radius 3 is 2.53 bits per heavy atom. The van der Waals surface area contributed by atoms with E-state index < -0.39 is 0 Å². The number of ether oxygens (including phenoxy) is 1. The van der Waals surface area contributed by atoms with Crippen LogP contribution < -0.4 is 0 Å². The quantitative estimate of drug-likeness (QED) is 0.555. The molecule has 0 bridgehead atoms. The topological polar surface area (TPSA) is 26.3 Å². The van der Waals surface area contributed by atoms with Gasteiger partial charge in [-0.2, -0.15) is 0 Å². The van der Waals surface area contributed by atoms with Crippen LogP contribution in [0.1, 0.15) is 32.3 Å². The zero-order valence-electron chi connectivity index (χ0n) is 9.19. The summed E-state index contributed by atoms with van der Waals surface area (Å²) in [6, 6.07) is 9.63. The molecule has 0 atom stereocenters. The van der Waals surface area contributed by atoms with E-state index in [4.69, 9.17) is 4.74 Å². The molecule has 2 nitrogen and oxygen atoms in total. The molecule has 0 aromatic heterocycles. The molecule has 0 N–H and O–H groups in total. The highest BCUT2D eigenvalue weighted by Gasteiger charge is 2.06. The fourth-order valence-electron chi connectivity index (χ4n) is 1.26. The van der Waals surface area contributed by atoms with Crippen LogP contribution >= 0.6 is 0 Å². The molecular formula is C13H16O2. The third-order valence-electron chi connectivity index (χ3n) is 2.00. The average molecular weight is 204 g/mol. The molecule has 2 heteroatoms. The third-order valence-corrected chi connectivity index (χ3v) is 2.00. The van der Waals surface area contributed by atoms with Gasteiger partial charge >= 0.3 is 5.97 Å². The van der Waals surface area contributed by atoms with Crippen molar-refractivity contribution in [3.05, 3.63) is 42.0 Å². The highest BCUT2D eigenvalue weighted by molar-refractivity contribution is 5.77. The van der Waals surface area contributed by atoms with E-state index in [1.54, 1.807) is 0 Å². The monoisotopic (exact) mass is 204 g/mol. The predicted molar refractivity (Wildman–Crippen MR) is 61.1 cm³/mol. The molecule has 0 spiro atoms. The third kappa shape index (κ3) is 3.58. The van der Waals surface area contributed by atoms with Gasteiger partial charge in [0.1, 0.15) is 5.76 Å². The molecule has 80 valence electrons. The molecule has 1 rings (SSSR count). The summed E-state index contributed by atoms with van der Waals surface area (Å²) >= 11 is 0. The Bertz CT molecular complexity index is 339. The summed E-state index contributed by atoms with van der Waals surface area (Å²) < 4.78 is 5.25. The number of hydrogen-bond acceptors (Lipinski definition) is 2. The van der Waals surface area contributed by atoms with Gasteiger partial charge in [0.2, 0.25) is 0 Å². The Morgan fingerprint density at radius 1 is 1.33 bits per heavy atom. The van der Waals surface area contributed by atoms with Crippen molar-refractivity contribution in [1.82, 2.24) is 0 Å². The molecule has 0 aliphatic carbocycles. The number of hydrogen-bond donors (Lipinski definition) is 0. The smallest absolute Gasteiger partial charge is 0.311 e. The minimum absolute atomic E-state index is 0.172. The molecule has 0 radical (unpaired) electrons. The van der Waals surface area contributed by atoms with E-state index in [-0.39, 0.29) is 5.97 Å². The molecule has 0 saturated heterocycles. The number of esters is 1. The van der Waals surface area contributed by atoms with Crippen molar-refractivity contribution in [3.63, 3.8) is 0 Å². The fraction of sp³-hybridized carbons (Fsp3) is 0.308. The van der Waals surface area contributed by atoms with E-state index >= 15 is 0 Å². The van der Waals surface area contributed by atoms with E-state index in [0.717, 1.165) is 12.0 Å². The highest BCUT2D eigenvalue weighted by Crippen LogP contribution is 2.16. The Morgan fingerprint density at radius 2 is 2.00 bits per heavy atom. The maximum absolute atomic E-state index is 11.3. The van der Waals surface area contributed by atoms with E-state index in [1.165, 1.54) is 0 Å². The van der Waals surface area contributed by atoms with Gasteiger partial charge in [-0.15, -0.1) is 0 Å². The maximum atomic E-state index is 11.3. The second-order valence-electron chi connectivity index (χ2n) is 3.24. The van der Waals surface area contributed by atoms with Gasteiger partial charge in [-0.05, 0) is 19.4 Å². The Balaban J connectivity index is 2.70. The molecule has 0 amide bonds. The molecule has 15 heavy (non-hydrogen) atoms. The predicted octanol–water partition coefficient (Wildman–Crippen LogP) is 3.39. The van der Waals surface area contributed by atoms with Crippen molar-refractivity contribution in [2.24, 2.45) is 0 Å². The standard InChI is InChI=1S/C13H16O2/c1-3-8-13(14)15-12(4-2)11-9-6-5-7-10-11/h4-7,9-10H,3,8H2,1-2H3/b12-4-. The molecule has 0 heterocycles. The summed E-state index contributed by atoms with van der Waals surface area (Å²) in [7, 11) is 0. The van der Waals surface area contributed by atoms with Crippen molar-refractivity contribution in [1.29, 1.82) is 0 Å². The SMILES string of the molecule is C/C=C(\OC(=O)CCC)c1ccccc1. The van der Waals surface area contributed by atoms with Crippen LogP contribution in [0.2, 0.25) is 0 Å². The largest absolute Gasteiger partial charge is 0.426 e. The fourth-order valence-corrected chi connectivity index (χ4v) is 1.26. The number of rotatable bonds is 4. The lowest BCUT2D eigenvalue weighted by Crippen LogP contribution is -2.02. The van der Waals surface area contributed by atoms with Gasteiger partial charge in [-0.1, -0.05) is 37.3 Å². The molecule has 0 fully saturated rings. The number of allylic oxidation sites excluding steroid dienone is 1. The van der Waals surface area contributed by atoms with Gasteiger partial charge in [0, 0.05) is 12.0 Å². The van der Waals surface area contributed by atoms with Gasteiger partial charge in [-0.3, -0.25) is 4.79 Å². The summed E-state index contributed by atoms with van der Waals surface area (Å²) in [6.45, 7) is 3.82. The van der Waals surface area contributed by atoms with E-state index in [2.05, 4.69) is 0 Å². The average Bonchev–Trinajstić information content (AvgIpc) is 2.27. The number of carbonyl (C=O) groups excluding carboxylic acids is 1. The van der Waals surface area contributed by atoms with Gasteiger partial charge in [0.05, 0.1) is 0 Å². The summed E-state index contributed by atoms with van der Waals surface area (Å²) in [6.07, 6.45) is 3.08. The second kappa shape index (κ2) is 6.02. The number of benzene rings is 1. The zero-order chi connectivity index (χ0) is 11.1. The first-order valence-electron chi connectivity index (χ1n) is 5.20. The second-order valence-corrected chi connectivity index (χ2v) is 3.24. The minimum atomic E-state index is -0.172. The number of carbonyl (C=O) groups is 1. The van der Waals surface area contributed by atoms with Gasteiger partial charge in [0.25, 0.3) is 0 Å². The van der Waals surface area contributed by atoms with Gasteiger partial charge in [-0.25, -0.2) is 0 Å². The normalized spacial score (nSPS) is 11.2. The molecule has 0 unspecified atom stereocenters. The van der Waals surface area contributed by atoms with Crippen LogP contribution in [0.25, 0.3) is 5.76 Å². The van der Waals surface area contributed by atoms with Crippen LogP contribution in [0.15, 0.2) is 36.4 Å². The van der Waals surface area contributed by atoms with Crippen LogP contribution in [-0.4, -0.2) is 5.97 Å². The maximum Gasteiger partial charge on any atom is 0.311 e. The minimum Gasteiger partial charge on any atom is -0.426 e.